The third-order valence-corrected chi connectivity index (χ3v) is 3.08. The summed E-state index contributed by atoms with van der Waals surface area (Å²) in [6.07, 6.45) is 0. The Kier molecular flexibility index (Phi) is 3.56. The van der Waals surface area contributed by atoms with Crippen LogP contribution >= 0.6 is 0 Å². The monoisotopic (exact) mass is 269 g/mol. The van der Waals surface area contributed by atoms with Gasteiger partial charge in [-0.25, -0.2) is 0 Å². The highest BCUT2D eigenvalue weighted by atomic mass is 32.2. The summed E-state index contributed by atoms with van der Waals surface area (Å²) in [7, 11) is -3.99. The van der Waals surface area contributed by atoms with Gasteiger partial charge in [0, 0.05) is 0 Å². The molecule has 4 nitrogen and oxygen atoms in total. The number of sulfonamides is 1. The van der Waals surface area contributed by atoms with Gasteiger partial charge in [0.15, 0.2) is 0 Å². The fraction of sp³-hybridized carbons (Fsp3) is 0.333. The topological polar surface area (TPSA) is 55.4 Å². The molecule has 17 heavy (non-hydrogen) atoms. The molecule has 0 saturated carbocycles. The smallest absolute Gasteiger partial charge is 0.497 e. The van der Waals surface area contributed by atoms with Crippen LogP contribution in [0.5, 0.6) is 5.75 Å². The first-order valence-electron chi connectivity index (χ1n) is 4.41. The van der Waals surface area contributed by atoms with Crippen LogP contribution in [0.15, 0.2) is 18.2 Å². The Bertz CT molecular complexity index is 511. The van der Waals surface area contributed by atoms with Crippen molar-refractivity contribution >= 4 is 15.7 Å². The third kappa shape index (κ3) is 3.02. The van der Waals surface area contributed by atoms with E-state index in [9.17, 15) is 21.6 Å². The lowest BCUT2D eigenvalue weighted by atomic mass is 10.2. The van der Waals surface area contributed by atoms with Crippen molar-refractivity contribution in [2.75, 3.05) is 11.8 Å². The van der Waals surface area contributed by atoms with Crippen LogP contribution < -0.4 is 9.46 Å². The summed E-state index contributed by atoms with van der Waals surface area (Å²) in [6, 6.07) is 3.99. The van der Waals surface area contributed by atoms with Gasteiger partial charge in [-0.05, 0) is 30.7 Å². The second-order valence-electron chi connectivity index (χ2n) is 3.23. The van der Waals surface area contributed by atoms with Crippen LogP contribution in [0.3, 0.4) is 0 Å². The molecular weight excluding hydrogens is 259 g/mol. The standard InChI is InChI=1S/C9H10F3NO3S/c1-6-5-7(16-2)3-4-8(6)13-17(14,15)9(10,11)12/h3-5,13H,1-2H3. The maximum atomic E-state index is 12.1. The molecule has 0 spiro atoms. The Labute approximate surface area is 96.4 Å². The minimum absolute atomic E-state index is 0.136. The lowest BCUT2D eigenvalue weighted by Crippen LogP contribution is -2.30. The quantitative estimate of drug-likeness (QED) is 0.915. The van der Waals surface area contributed by atoms with E-state index in [2.05, 4.69) is 0 Å². The second kappa shape index (κ2) is 4.44. The van der Waals surface area contributed by atoms with E-state index in [4.69, 9.17) is 4.74 Å². The Morgan fingerprint density at radius 3 is 2.29 bits per heavy atom. The zero-order chi connectivity index (χ0) is 13.3. The van der Waals surface area contributed by atoms with Crippen LogP contribution in [-0.4, -0.2) is 21.0 Å². The molecule has 0 fully saturated rings. The molecule has 0 aliphatic heterocycles. The predicted molar refractivity (Wildman–Crippen MR) is 56.3 cm³/mol. The maximum absolute atomic E-state index is 12.1. The van der Waals surface area contributed by atoms with E-state index in [-0.39, 0.29) is 5.69 Å². The van der Waals surface area contributed by atoms with Crippen LogP contribution in [0, 0.1) is 6.92 Å². The Morgan fingerprint density at radius 1 is 1.29 bits per heavy atom. The van der Waals surface area contributed by atoms with Gasteiger partial charge in [-0.2, -0.15) is 21.6 Å². The molecule has 0 radical (unpaired) electrons. The highest BCUT2D eigenvalue weighted by Crippen LogP contribution is 2.28. The lowest BCUT2D eigenvalue weighted by Gasteiger charge is -2.13. The predicted octanol–water partition coefficient (Wildman–Crippen LogP) is 2.27. The van der Waals surface area contributed by atoms with Crippen molar-refractivity contribution in [3.05, 3.63) is 23.8 Å². The van der Waals surface area contributed by atoms with Gasteiger partial charge in [-0.3, -0.25) is 4.72 Å². The van der Waals surface area contributed by atoms with Crippen molar-refractivity contribution in [3.63, 3.8) is 0 Å². The highest BCUT2D eigenvalue weighted by molar-refractivity contribution is 7.93. The van der Waals surface area contributed by atoms with Crippen LogP contribution in [0.25, 0.3) is 0 Å². The van der Waals surface area contributed by atoms with E-state index in [1.54, 1.807) is 0 Å². The van der Waals surface area contributed by atoms with Gasteiger partial charge in [0.2, 0.25) is 0 Å². The molecule has 0 bridgehead atoms. The molecule has 0 unspecified atom stereocenters. The first-order valence-corrected chi connectivity index (χ1v) is 5.89. The molecule has 1 N–H and O–H groups in total. The van der Waals surface area contributed by atoms with Crippen molar-refractivity contribution in [2.24, 2.45) is 0 Å². The number of aryl methyl sites for hydroxylation is 1. The van der Waals surface area contributed by atoms with Crippen molar-refractivity contribution in [1.82, 2.24) is 0 Å². The summed E-state index contributed by atoms with van der Waals surface area (Å²) in [5.41, 5.74) is -5.14. The summed E-state index contributed by atoms with van der Waals surface area (Å²) in [6.45, 7) is 1.47. The molecule has 1 rings (SSSR count). The number of anilines is 1. The van der Waals surface area contributed by atoms with E-state index in [0.717, 1.165) is 0 Å². The Morgan fingerprint density at radius 2 is 1.88 bits per heavy atom. The Balaban J connectivity index is 3.05. The number of benzene rings is 1. The average molecular weight is 269 g/mol. The molecule has 0 aromatic heterocycles. The highest BCUT2D eigenvalue weighted by Gasteiger charge is 2.46. The molecule has 1 aromatic rings. The van der Waals surface area contributed by atoms with Crippen molar-refractivity contribution in [2.45, 2.75) is 12.4 Å². The molecule has 0 saturated heterocycles. The Hall–Kier alpha value is -1.44. The van der Waals surface area contributed by atoms with E-state index >= 15 is 0 Å². The number of ether oxygens (including phenoxy) is 1. The number of methoxy groups -OCH3 is 1. The van der Waals surface area contributed by atoms with Crippen molar-refractivity contribution in [1.29, 1.82) is 0 Å². The molecule has 96 valence electrons. The van der Waals surface area contributed by atoms with Gasteiger partial charge in [0.1, 0.15) is 5.75 Å². The van der Waals surface area contributed by atoms with Crippen LogP contribution in [0.2, 0.25) is 0 Å². The molecule has 0 heterocycles. The van der Waals surface area contributed by atoms with Gasteiger partial charge in [0.25, 0.3) is 0 Å². The number of hydrogen-bond acceptors (Lipinski definition) is 3. The maximum Gasteiger partial charge on any atom is 0.516 e. The van der Waals surface area contributed by atoms with Gasteiger partial charge >= 0.3 is 15.5 Å². The summed E-state index contributed by atoms with van der Waals surface area (Å²) in [5.74, 6) is 0.428. The average Bonchev–Trinajstić information content (AvgIpc) is 2.19. The number of hydrogen-bond donors (Lipinski definition) is 1. The fourth-order valence-corrected chi connectivity index (χ4v) is 1.71. The molecule has 0 amide bonds. The van der Waals surface area contributed by atoms with Crippen molar-refractivity contribution in [3.8, 4) is 5.75 Å². The van der Waals surface area contributed by atoms with Gasteiger partial charge in [-0.1, -0.05) is 0 Å². The summed E-state index contributed by atoms with van der Waals surface area (Å²) < 4.78 is 64.4. The minimum Gasteiger partial charge on any atom is -0.497 e. The molecule has 0 aliphatic rings. The van der Waals surface area contributed by atoms with Gasteiger partial charge in [0.05, 0.1) is 12.8 Å². The second-order valence-corrected chi connectivity index (χ2v) is 4.91. The zero-order valence-electron chi connectivity index (χ0n) is 9.00. The first kappa shape index (κ1) is 13.6. The SMILES string of the molecule is COc1ccc(NS(=O)(=O)C(F)(F)F)c(C)c1. The lowest BCUT2D eigenvalue weighted by molar-refractivity contribution is -0.0429. The fourth-order valence-electron chi connectivity index (χ4n) is 1.08. The normalized spacial score (nSPS) is 12.3. The first-order chi connectivity index (χ1) is 7.67. The van der Waals surface area contributed by atoms with Crippen molar-refractivity contribution < 1.29 is 26.3 Å². The molecule has 0 atom stereocenters. The number of halogens is 3. The van der Waals surface area contributed by atoms with Gasteiger partial charge < -0.3 is 4.74 Å². The van der Waals surface area contributed by atoms with E-state index in [1.165, 1.54) is 37.0 Å². The van der Waals surface area contributed by atoms with E-state index < -0.39 is 15.5 Å². The number of rotatable bonds is 3. The number of nitrogens with one attached hydrogen (secondary N) is 1. The molecule has 8 heteroatoms. The molecule has 0 aliphatic carbocycles. The summed E-state index contributed by atoms with van der Waals surface area (Å²) >= 11 is 0. The largest absolute Gasteiger partial charge is 0.516 e. The van der Waals surface area contributed by atoms with E-state index in [1.807, 2.05) is 0 Å². The zero-order valence-corrected chi connectivity index (χ0v) is 9.82. The third-order valence-electron chi connectivity index (χ3n) is 1.98. The summed E-state index contributed by atoms with van der Waals surface area (Å²) in [5, 5.41) is 0. The molecular formula is C9H10F3NO3S. The summed E-state index contributed by atoms with van der Waals surface area (Å²) in [4.78, 5) is 0. The van der Waals surface area contributed by atoms with Crippen LogP contribution in [-0.2, 0) is 10.0 Å². The molecule has 1 aromatic carbocycles. The van der Waals surface area contributed by atoms with Crippen LogP contribution in [0.1, 0.15) is 5.56 Å². The van der Waals surface area contributed by atoms with Gasteiger partial charge in [-0.15, -0.1) is 0 Å². The minimum atomic E-state index is -5.38. The van der Waals surface area contributed by atoms with Crippen LogP contribution in [0.4, 0.5) is 18.9 Å². The van der Waals surface area contributed by atoms with E-state index in [0.29, 0.717) is 11.3 Å². The number of alkyl halides is 3.